The zero-order valence-corrected chi connectivity index (χ0v) is 9.95. The van der Waals surface area contributed by atoms with Crippen LogP contribution in [0.25, 0.3) is 10.8 Å². The number of amides is 1. The van der Waals surface area contributed by atoms with Crippen molar-refractivity contribution >= 4 is 38.3 Å². The van der Waals surface area contributed by atoms with Crippen LogP contribution in [0.2, 0.25) is 0 Å². The van der Waals surface area contributed by atoms with E-state index in [0.29, 0.717) is 4.47 Å². The van der Waals surface area contributed by atoms with E-state index in [1.54, 1.807) is 0 Å². The van der Waals surface area contributed by atoms with E-state index < -0.39 is 11.7 Å². The quantitative estimate of drug-likeness (QED) is 0.426. The van der Waals surface area contributed by atoms with Gasteiger partial charge in [-0.05, 0) is 28.1 Å². The zero-order valence-electron chi connectivity index (χ0n) is 8.37. The Hall–Kier alpha value is -1.73. The maximum Gasteiger partial charge on any atom is 0.293 e. The average Bonchev–Trinajstić information content (AvgIpc) is 2.33. The number of pyridine rings is 1. The van der Waals surface area contributed by atoms with Crippen molar-refractivity contribution in [1.29, 1.82) is 0 Å². The lowest BCUT2D eigenvalue weighted by atomic mass is 10.1. The van der Waals surface area contributed by atoms with E-state index in [9.17, 15) is 9.18 Å². The third kappa shape index (κ3) is 1.83. The number of hydroxylamine groups is 1. The summed E-state index contributed by atoms with van der Waals surface area (Å²) in [5, 5.41) is 8.90. The standard InChI is InChI=1S/C10H7BrFN3O2/c11-4-3-14-9(10(16)15-17)8-6(13)2-1-5(12)7(4)8/h1-3,17H,13H2,(H,15,16). The fourth-order valence-electron chi connectivity index (χ4n) is 1.56. The number of carbonyl (C=O) groups excluding carboxylic acids is 1. The summed E-state index contributed by atoms with van der Waals surface area (Å²) in [5.74, 6) is -1.38. The van der Waals surface area contributed by atoms with Gasteiger partial charge in [-0.2, -0.15) is 0 Å². The molecule has 0 saturated heterocycles. The molecular weight excluding hydrogens is 293 g/mol. The van der Waals surface area contributed by atoms with Gasteiger partial charge in [0.05, 0.1) is 0 Å². The Morgan fingerprint density at radius 1 is 1.47 bits per heavy atom. The molecule has 1 heterocycles. The minimum atomic E-state index is -0.847. The molecule has 0 saturated carbocycles. The summed E-state index contributed by atoms with van der Waals surface area (Å²) in [6.45, 7) is 0. The topological polar surface area (TPSA) is 88.2 Å². The minimum absolute atomic E-state index is 0.136. The molecule has 1 aromatic heterocycles. The van der Waals surface area contributed by atoms with Gasteiger partial charge in [0, 0.05) is 27.1 Å². The van der Waals surface area contributed by atoms with Gasteiger partial charge in [0.25, 0.3) is 5.91 Å². The van der Waals surface area contributed by atoms with Crippen molar-refractivity contribution in [2.75, 3.05) is 5.73 Å². The monoisotopic (exact) mass is 299 g/mol. The first-order chi connectivity index (χ1) is 8.06. The number of nitrogens with one attached hydrogen (secondary N) is 1. The summed E-state index contributed by atoms with van der Waals surface area (Å²) in [6.07, 6.45) is 1.27. The number of anilines is 1. The molecule has 0 aliphatic rings. The highest BCUT2D eigenvalue weighted by atomic mass is 79.9. The molecule has 0 radical (unpaired) electrons. The number of nitrogens with two attached hydrogens (primary N) is 1. The Morgan fingerprint density at radius 2 is 2.18 bits per heavy atom. The van der Waals surface area contributed by atoms with Crippen molar-refractivity contribution in [2.45, 2.75) is 0 Å². The molecule has 0 aliphatic heterocycles. The number of rotatable bonds is 1. The van der Waals surface area contributed by atoms with Gasteiger partial charge in [-0.3, -0.25) is 10.0 Å². The fourth-order valence-corrected chi connectivity index (χ4v) is 2.05. The Bertz CT molecular complexity index is 610. The summed E-state index contributed by atoms with van der Waals surface area (Å²) in [4.78, 5) is 15.2. The smallest absolute Gasteiger partial charge is 0.293 e. The molecule has 2 aromatic rings. The van der Waals surface area contributed by atoms with Crippen LogP contribution in [0.15, 0.2) is 22.8 Å². The Balaban J connectivity index is 2.94. The molecule has 5 nitrogen and oxygen atoms in total. The third-order valence-corrected chi connectivity index (χ3v) is 2.89. The zero-order chi connectivity index (χ0) is 12.6. The third-order valence-electron chi connectivity index (χ3n) is 2.29. The molecule has 0 atom stereocenters. The van der Waals surface area contributed by atoms with Crippen LogP contribution in [-0.4, -0.2) is 16.1 Å². The van der Waals surface area contributed by atoms with E-state index in [1.165, 1.54) is 23.8 Å². The minimum Gasteiger partial charge on any atom is -0.398 e. The van der Waals surface area contributed by atoms with Crippen LogP contribution in [0, 0.1) is 5.82 Å². The number of nitrogen functional groups attached to an aromatic ring is 1. The number of hydrogen-bond acceptors (Lipinski definition) is 4. The Kier molecular flexibility index (Phi) is 2.95. The maximum absolute atomic E-state index is 13.7. The van der Waals surface area contributed by atoms with Gasteiger partial charge in [-0.1, -0.05) is 0 Å². The number of halogens is 2. The van der Waals surface area contributed by atoms with E-state index in [4.69, 9.17) is 10.9 Å². The summed E-state index contributed by atoms with van der Waals surface area (Å²) < 4.78 is 14.0. The first-order valence-corrected chi connectivity index (χ1v) is 5.32. The van der Waals surface area contributed by atoms with Crippen LogP contribution in [0.4, 0.5) is 10.1 Å². The molecule has 1 aromatic carbocycles. The summed E-state index contributed by atoms with van der Waals surface area (Å²) >= 11 is 3.13. The highest BCUT2D eigenvalue weighted by molar-refractivity contribution is 9.10. The van der Waals surface area contributed by atoms with E-state index in [1.807, 2.05) is 0 Å². The van der Waals surface area contributed by atoms with Gasteiger partial charge in [0.15, 0.2) is 0 Å². The van der Waals surface area contributed by atoms with Gasteiger partial charge in [-0.25, -0.2) is 14.9 Å². The molecule has 2 rings (SSSR count). The maximum atomic E-state index is 13.7. The van der Waals surface area contributed by atoms with Crippen molar-refractivity contribution in [3.05, 3.63) is 34.3 Å². The Morgan fingerprint density at radius 3 is 2.82 bits per heavy atom. The van der Waals surface area contributed by atoms with E-state index in [2.05, 4.69) is 20.9 Å². The second kappa shape index (κ2) is 4.27. The summed E-state index contributed by atoms with van der Waals surface area (Å²) in [6, 6.07) is 2.53. The molecule has 0 spiro atoms. The SMILES string of the molecule is Nc1ccc(F)c2c(Br)cnc(C(=O)NO)c12. The Labute approximate surface area is 104 Å². The molecule has 88 valence electrons. The molecule has 4 N–H and O–H groups in total. The molecule has 0 aliphatic carbocycles. The van der Waals surface area contributed by atoms with Crippen LogP contribution in [0.5, 0.6) is 0 Å². The number of benzene rings is 1. The van der Waals surface area contributed by atoms with Gasteiger partial charge in [0.2, 0.25) is 0 Å². The summed E-state index contributed by atoms with van der Waals surface area (Å²) in [5.41, 5.74) is 7.21. The van der Waals surface area contributed by atoms with Crippen molar-refractivity contribution in [3.63, 3.8) is 0 Å². The molecule has 7 heteroatoms. The molecule has 0 bridgehead atoms. The van der Waals surface area contributed by atoms with Crippen LogP contribution < -0.4 is 11.2 Å². The van der Waals surface area contributed by atoms with E-state index >= 15 is 0 Å². The summed E-state index contributed by atoms with van der Waals surface area (Å²) in [7, 11) is 0. The van der Waals surface area contributed by atoms with Crippen molar-refractivity contribution in [1.82, 2.24) is 10.5 Å². The molecule has 0 unspecified atom stereocenters. The lowest BCUT2D eigenvalue weighted by molar-refractivity contribution is 0.0703. The van der Waals surface area contributed by atoms with Crippen LogP contribution in [0.3, 0.4) is 0 Å². The van der Waals surface area contributed by atoms with Crippen molar-refractivity contribution in [3.8, 4) is 0 Å². The van der Waals surface area contributed by atoms with Gasteiger partial charge in [-0.15, -0.1) is 0 Å². The number of carbonyl (C=O) groups is 1. The largest absolute Gasteiger partial charge is 0.398 e. The van der Waals surface area contributed by atoms with Gasteiger partial charge < -0.3 is 5.73 Å². The number of nitrogens with zero attached hydrogens (tertiary/aromatic N) is 1. The predicted octanol–water partition coefficient (Wildman–Crippen LogP) is 1.84. The van der Waals surface area contributed by atoms with Crippen LogP contribution in [0.1, 0.15) is 10.5 Å². The van der Waals surface area contributed by atoms with Crippen molar-refractivity contribution in [2.24, 2.45) is 0 Å². The normalized spacial score (nSPS) is 10.5. The predicted molar refractivity (Wildman–Crippen MR) is 63.1 cm³/mol. The van der Waals surface area contributed by atoms with E-state index in [0.717, 1.165) is 0 Å². The molecule has 0 fully saturated rings. The highest BCUT2D eigenvalue weighted by Gasteiger charge is 2.17. The van der Waals surface area contributed by atoms with Crippen LogP contribution in [-0.2, 0) is 0 Å². The second-order valence-corrected chi connectivity index (χ2v) is 4.14. The molecule has 17 heavy (non-hydrogen) atoms. The first kappa shape index (κ1) is 11.7. The van der Waals surface area contributed by atoms with Gasteiger partial charge in [0.1, 0.15) is 11.5 Å². The van der Waals surface area contributed by atoms with Crippen LogP contribution >= 0.6 is 15.9 Å². The highest BCUT2D eigenvalue weighted by Crippen LogP contribution is 2.31. The molecule has 1 amide bonds. The van der Waals surface area contributed by atoms with Gasteiger partial charge >= 0.3 is 0 Å². The lowest BCUT2D eigenvalue weighted by Gasteiger charge is -2.09. The molecular formula is C10H7BrFN3O2. The number of hydrogen-bond donors (Lipinski definition) is 3. The fraction of sp³-hybridized carbons (Fsp3) is 0. The first-order valence-electron chi connectivity index (χ1n) is 4.53. The number of fused-ring (bicyclic) bond motifs is 1. The second-order valence-electron chi connectivity index (χ2n) is 3.28. The lowest BCUT2D eigenvalue weighted by Crippen LogP contribution is -2.20. The number of aromatic nitrogens is 1. The van der Waals surface area contributed by atoms with Crippen molar-refractivity contribution < 1.29 is 14.4 Å². The average molecular weight is 300 g/mol. The van der Waals surface area contributed by atoms with E-state index in [-0.39, 0.29) is 22.2 Å².